The number of carbonyl (C=O) groups is 1. The topological polar surface area (TPSA) is 49.8 Å². The molecule has 130 valence electrons. The minimum Gasteiger partial charge on any atom is -0.464 e. The third-order valence-corrected chi connectivity index (χ3v) is 5.03. The third-order valence-electron chi connectivity index (χ3n) is 5.03. The Hall–Kier alpha value is -0.610. The van der Waals surface area contributed by atoms with Gasteiger partial charge in [0, 0.05) is 6.54 Å². The molecule has 0 bridgehead atoms. The highest BCUT2D eigenvalue weighted by molar-refractivity contribution is 5.73. The van der Waals surface area contributed by atoms with Crippen molar-refractivity contribution in [2.75, 3.05) is 26.2 Å². The molecule has 0 aromatic rings. The summed E-state index contributed by atoms with van der Waals surface area (Å²) in [7, 11) is 0. The molecule has 0 aromatic carbocycles. The van der Waals surface area contributed by atoms with Gasteiger partial charge >= 0.3 is 5.97 Å². The highest BCUT2D eigenvalue weighted by Crippen LogP contribution is 2.34. The molecule has 0 heterocycles. The van der Waals surface area contributed by atoms with Crippen LogP contribution in [0.4, 0.5) is 0 Å². The number of likely N-dealkylation sites (N-methyl/N-ethyl adjacent to an activating group) is 1. The zero-order valence-corrected chi connectivity index (χ0v) is 14.9. The maximum atomic E-state index is 12.5. The fraction of sp³-hybridized carbons (Fsp3) is 0.944. The van der Waals surface area contributed by atoms with E-state index in [0.29, 0.717) is 6.61 Å². The molecule has 0 saturated heterocycles. The van der Waals surface area contributed by atoms with E-state index >= 15 is 0 Å². The molecule has 2 unspecified atom stereocenters. The molecule has 0 amide bonds. The summed E-state index contributed by atoms with van der Waals surface area (Å²) in [5.41, 5.74) is 0. The first kappa shape index (κ1) is 19.4. The number of aliphatic hydroxyl groups is 1. The van der Waals surface area contributed by atoms with Crippen molar-refractivity contribution >= 4 is 5.97 Å². The Kier molecular flexibility index (Phi) is 9.03. The molecule has 0 radical (unpaired) electrons. The Labute approximate surface area is 136 Å². The van der Waals surface area contributed by atoms with Crippen molar-refractivity contribution in [3.63, 3.8) is 0 Å². The molecule has 22 heavy (non-hydrogen) atoms. The summed E-state index contributed by atoms with van der Waals surface area (Å²) < 4.78 is 5.52. The molecular formula is C18H35NO3. The number of rotatable bonds is 9. The molecule has 1 saturated carbocycles. The van der Waals surface area contributed by atoms with Crippen LogP contribution < -0.4 is 0 Å². The van der Waals surface area contributed by atoms with Crippen LogP contribution in [0.2, 0.25) is 0 Å². The first-order valence-electron chi connectivity index (χ1n) is 9.08. The lowest BCUT2D eigenvalue weighted by Crippen LogP contribution is -2.40. The predicted octanol–water partition coefficient (Wildman–Crippen LogP) is 3.08. The van der Waals surface area contributed by atoms with E-state index in [1.54, 1.807) is 0 Å². The van der Waals surface area contributed by atoms with Crippen LogP contribution in [-0.4, -0.2) is 48.3 Å². The maximum Gasteiger partial charge on any atom is 0.311 e. The first-order valence-corrected chi connectivity index (χ1v) is 9.08. The van der Waals surface area contributed by atoms with E-state index in [1.807, 2.05) is 13.8 Å². The molecule has 4 nitrogen and oxygen atoms in total. The van der Waals surface area contributed by atoms with Gasteiger partial charge in [0.15, 0.2) is 0 Å². The van der Waals surface area contributed by atoms with E-state index in [4.69, 9.17) is 4.74 Å². The summed E-state index contributed by atoms with van der Waals surface area (Å²) in [6.45, 7) is 11.3. The van der Waals surface area contributed by atoms with Gasteiger partial charge in [-0.05, 0) is 37.8 Å². The van der Waals surface area contributed by atoms with E-state index < -0.39 is 6.10 Å². The van der Waals surface area contributed by atoms with Gasteiger partial charge in [-0.2, -0.15) is 0 Å². The first-order chi connectivity index (χ1) is 10.5. The molecule has 2 atom stereocenters. The van der Waals surface area contributed by atoms with E-state index in [-0.39, 0.29) is 23.7 Å². The predicted molar refractivity (Wildman–Crippen MR) is 89.7 cm³/mol. The average molecular weight is 313 g/mol. The molecule has 1 aliphatic rings. The van der Waals surface area contributed by atoms with Gasteiger partial charge < -0.3 is 14.7 Å². The van der Waals surface area contributed by atoms with Gasteiger partial charge in [-0.15, -0.1) is 0 Å². The van der Waals surface area contributed by atoms with Crippen LogP contribution in [-0.2, 0) is 9.53 Å². The van der Waals surface area contributed by atoms with E-state index in [0.717, 1.165) is 32.5 Å². The monoisotopic (exact) mass is 313 g/mol. The zero-order valence-electron chi connectivity index (χ0n) is 14.9. The Morgan fingerprint density at radius 2 is 1.77 bits per heavy atom. The van der Waals surface area contributed by atoms with Crippen LogP contribution in [0.1, 0.15) is 59.8 Å². The number of aliphatic hydroxyl groups excluding tert-OH is 1. The summed E-state index contributed by atoms with van der Waals surface area (Å²) in [6.07, 6.45) is 5.07. The number of ether oxygens (including phenoxy) is 1. The quantitative estimate of drug-likeness (QED) is 0.665. The fourth-order valence-corrected chi connectivity index (χ4v) is 3.43. The average Bonchev–Trinajstić information content (AvgIpc) is 2.52. The van der Waals surface area contributed by atoms with Crippen LogP contribution in [0.15, 0.2) is 0 Å². The lowest BCUT2D eigenvalue weighted by Gasteiger charge is -2.33. The molecule has 1 aliphatic carbocycles. The molecule has 1 rings (SSSR count). The van der Waals surface area contributed by atoms with E-state index in [2.05, 4.69) is 18.7 Å². The van der Waals surface area contributed by atoms with Crippen molar-refractivity contribution < 1.29 is 14.6 Å². The van der Waals surface area contributed by atoms with E-state index in [1.165, 1.54) is 19.3 Å². The van der Waals surface area contributed by atoms with Crippen LogP contribution in [0.25, 0.3) is 0 Å². The second-order valence-electron chi connectivity index (χ2n) is 6.85. The third kappa shape index (κ3) is 5.88. The lowest BCUT2D eigenvalue weighted by atomic mass is 9.75. The summed E-state index contributed by atoms with van der Waals surface area (Å²) in [4.78, 5) is 14.8. The largest absolute Gasteiger partial charge is 0.464 e. The van der Waals surface area contributed by atoms with Crippen molar-refractivity contribution in [1.29, 1.82) is 0 Å². The Morgan fingerprint density at radius 3 is 2.27 bits per heavy atom. The number of nitrogens with zero attached hydrogens (tertiary/aromatic N) is 1. The second-order valence-corrected chi connectivity index (χ2v) is 6.85. The van der Waals surface area contributed by atoms with Crippen LogP contribution in [0.5, 0.6) is 0 Å². The number of hydrogen-bond acceptors (Lipinski definition) is 4. The molecule has 1 fully saturated rings. The van der Waals surface area contributed by atoms with Crippen LogP contribution >= 0.6 is 0 Å². The van der Waals surface area contributed by atoms with Gasteiger partial charge in [0.25, 0.3) is 0 Å². The summed E-state index contributed by atoms with van der Waals surface area (Å²) >= 11 is 0. The van der Waals surface area contributed by atoms with Gasteiger partial charge in [-0.25, -0.2) is 0 Å². The number of carbonyl (C=O) groups excluding carboxylic acids is 1. The highest BCUT2D eigenvalue weighted by atomic mass is 16.5. The fourth-order valence-electron chi connectivity index (χ4n) is 3.43. The lowest BCUT2D eigenvalue weighted by molar-refractivity contribution is -0.158. The normalized spacial score (nSPS) is 19.4. The van der Waals surface area contributed by atoms with Crippen LogP contribution in [0, 0.1) is 17.8 Å². The smallest absolute Gasteiger partial charge is 0.311 e. The van der Waals surface area contributed by atoms with Gasteiger partial charge in [-0.3, -0.25) is 4.79 Å². The van der Waals surface area contributed by atoms with Crippen molar-refractivity contribution in [3.8, 4) is 0 Å². The minimum atomic E-state index is -0.593. The van der Waals surface area contributed by atoms with Crippen molar-refractivity contribution in [1.82, 2.24) is 4.90 Å². The zero-order chi connectivity index (χ0) is 16.5. The maximum absolute atomic E-state index is 12.5. The van der Waals surface area contributed by atoms with Crippen LogP contribution in [0.3, 0.4) is 0 Å². The Balaban J connectivity index is 2.59. The summed E-state index contributed by atoms with van der Waals surface area (Å²) in [6, 6.07) is 0. The van der Waals surface area contributed by atoms with Gasteiger partial charge in [0.1, 0.15) is 6.61 Å². The Bertz CT molecular complexity index is 309. The number of esters is 1. The molecule has 4 heteroatoms. The van der Waals surface area contributed by atoms with Crippen molar-refractivity contribution in [2.24, 2.45) is 17.8 Å². The van der Waals surface area contributed by atoms with Gasteiger partial charge in [0.05, 0.1) is 12.0 Å². The molecule has 0 aromatic heterocycles. The molecule has 0 aliphatic heterocycles. The highest BCUT2D eigenvalue weighted by Gasteiger charge is 2.37. The van der Waals surface area contributed by atoms with E-state index in [9.17, 15) is 9.90 Å². The van der Waals surface area contributed by atoms with Gasteiger partial charge in [0.2, 0.25) is 0 Å². The van der Waals surface area contributed by atoms with Crippen molar-refractivity contribution in [3.05, 3.63) is 0 Å². The second kappa shape index (κ2) is 10.2. The van der Waals surface area contributed by atoms with Crippen molar-refractivity contribution in [2.45, 2.75) is 65.9 Å². The number of hydrogen-bond donors (Lipinski definition) is 1. The molecule has 1 N–H and O–H groups in total. The summed E-state index contributed by atoms with van der Waals surface area (Å²) in [5.74, 6) is -0.174. The van der Waals surface area contributed by atoms with Gasteiger partial charge in [-0.1, -0.05) is 47.0 Å². The molecular weight excluding hydrogens is 278 g/mol. The minimum absolute atomic E-state index is 0.0854. The standard InChI is InChI=1S/C18H35NO3/c1-5-19(6-2)12-13-22-18(21)16(17(20)14(3)4)15-10-8-7-9-11-15/h14-17,20H,5-13H2,1-4H3. The Morgan fingerprint density at radius 1 is 1.18 bits per heavy atom. The summed E-state index contributed by atoms with van der Waals surface area (Å²) in [5, 5.41) is 10.5. The molecule has 0 spiro atoms. The SMILES string of the molecule is CCN(CC)CCOC(=O)C(C1CCCCC1)C(O)C(C)C.